The fourth-order valence-electron chi connectivity index (χ4n) is 0. The number of carboxylic acid groups (broad SMARTS) is 2. The van der Waals surface area contributed by atoms with Crippen LogP contribution in [0.5, 0.6) is 0 Å². The van der Waals surface area contributed by atoms with E-state index >= 15 is 0 Å². The van der Waals surface area contributed by atoms with Gasteiger partial charge in [-0.25, -0.2) is 4.79 Å². The minimum absolute atomic E-state index is 0.250. The fraction of sp³-hybridized carbons (Fsp3) is 0.500. The zero-order chi connectivity index (χ0) is 6.28. The number of hydrogen-bond acceptors (Lipinski definition) is 3. The first-order valence-corrected chi connectivity index (χ1v) is 1.47. The lowest BCUT2D eigenvalue weighted by molar-refractivity contribution is 0.137. The van der Waals surface area contributed by atoms with E-state index in [1.807, 2.05) is 0 Å². The van der Waals surface area contributed by atoms with Crippen molar-refractivity contribution < 1.29 is 15.0 Å². The van der Waals surface area contributed by atoms with Crippen LogP contribution >= 0.6 is 0 Å². The summed E-state index contributed by atoms with van der Waals surface area (Å²) in [5.41, 5.74) is 9.25. The van der Waals surface area contributed by atoms with E-state index in [0.717, 1.165) is 0 Å². The Labute approximate surface area is 40.5 Å². The third-order valence-electron chi connectivity index (χ3n) is 0. The van der Waals surface area contributed by atoms with Crippen LogP contribution < -0.4 is 11.5 Å². The van der Waals surface area contributed by atoms with Crippen LogP contribution in [-0.4, -0.2) is 23.0 Å². The van der Waals surface area contributed by atoms with E-state index in [2.05, 4.69) is 11.5 Å². The van der Waals surface area contributed by atoms with E-state index in [-0.39, 0.29) is 6.67 Å². The highest BCUT2D eigenvalue weighted by Crippen LogP contribution is 1.42. The van der Waals surface area contributed by atoms with Crippen LogP contribution in [0.4, 0.5) is 4.79 Å². The summed E-state index contributed by atoms with van der Waals surface area (Å²) in [6.45, 7) is 0.250. The normalized spacial score (nSPS) is 6.00. The van der Waals surface area contributed by atoms with E-state index in [9.17, 15) is 0 Å². The van der Waals surface area contributed by atoms with Crippen molar-refractivity contribution >= 4 is 6.16 Å². The van der Waals surface area contributed by atoms with Gasteiger partial charge in [-0.05, 0) is 0 Å². The van der Waals surface area contributed by atoms with Crippen LogP contribution in [-0.2, 0) is 0 Å². The second-order valence-corrected chi connectivity index (χ2v) is 0.518. The Hall–Kier alpha value is -0.810. The lowest BCUT2D eigenvalue weighted by Gasteiger charge is -1.60. The molecule has 0 aliphatic rings. The molecule has 0 saturated carbocycles. The molecule has 6 N–H and O–H groups in total. The van der Waals surface area contributed by atoms with E-state index in [4.69, 9.17) is 15.0 Å². The zero-order valence-electron chi connectivity index (χ0n) is 3.66. The van der Waals surface area contributed by atoms with Gasteiger partial charge in [0.2, 0.25) is 0 Å². The molecule has 0 radical (unpaired) electrons. The summed E-state index contributed by atoms with van der Waals surface area (Å²) in [5, 5.41) is 13.9. The van der Waals surface area contributed by atoms with Crippen molar-refractivity contribution in [2.24, 2.45) is 11.5 Å². The van der Waals surface area contributed by atoms with Crippen LogP contribution in [0.3, 0.4) is 0 Å². The van der Waals surface area contributed by atoms with Gasteiger partial charge in [-0.2, -0.15) is 0 Å². The van der Waals surface area contributed by atoms with Crippen LogP contribution in [0.25, 0.3) is 0 Å². The van der Waals surface area contributed by atoms with Gasteiger partial charge in [-0.1, -0.05) is 0 Å². The summed E-state index contributed by atoms with van der Waals surface area (Å²) in [5.74, 6) is 0. The molecule has 7 heavy (non-hydrogen) atoms. The first kappa shape index (κ1) is 9.50. The highest BCUT2D eigenvalue weighted by molar-refractivity contribution is 5.53. The number of carbonyl (C=O) groups is 1. The fourth-order valence-corrected chi connectivity index (χ4v) is 0. The average molecular weight is 108 g/mol. The van der Waals surface area contributed by atoms with Gasteiger partial charge in [0.05, 0.1) is 0 Å². The molecule has 5 nitrogen and oxygen atoms in total. The second kappa shape index (κ2) is 8.95. The van der Waals surface area contributed by atoms with Crippen LogP contribution in [0, 0.1) is 0 Å². The summed E-state index contributed by atoms with van der Waals surface area (Å²) in [4.78, 5) is 8.56. The van der Waals surface area contributed by atoms with Gasteiger partial charge in [0.25, 0.3) is 0 Å². The molecule has 0 fully saturated rings. The molecule has 0 aliphatic carbocycles. The largest absolute Gasteiger partial charge is 0.503 e. The molecule has 5 heteroatoms. The van der Waals surface area contributed by atoms with Crippen molar-refractivity contribution in [2.45, 2.75) is 0 Å². The average Bonchev–Trinajstić information content (AvgIpc) is 1.33. The van der Waals surface area contributed by atoms with Crippen molar-refractivity contribution in [3.8, 4) is 0 Å². The summed E-state index contributed by atoms with van der Waals surface area (Å²) in [6.07, 6.45) is -1.83. The Morgan fingerprint density at radius 1 is 1.43 bits per heavy atom. The van der Waals surface area contributed by atoms with Crippen molar-refractivity contribution in [3.63, 3.8) is 0 Å². The number of rotatable bonds is 0. The maximum atomic E-state index is 8.56. The van der Waals surface area contributed by atoms with E-state index in [0.29, 0.717) is 0 Å². The molecule has 0 aliphatic heterocycles. The topological polar surface area (TPSA) is 110 Å². The molecule has 0 unspecified atom stereocenters. The third kappa shape index (κ3) is 80.5. The Bertz CT molecular complexity index is 42.2. The van der Waals surface area contributed by atoms with Gasteiger partial charge in [0.1, 0.15) is 0 Å². The molecule has 0 aromatic carbocycles. The highest BCUT2D eigenvalue weighted by atomic mass is 16.6. The minimum atomic E-state index is -1.83. The maximum Gasteiger partial charge on any atom is 0.503 e. The molecule has 0 saturated heterocycles. The highest BCUT2D eigenvalue weighted by Gasteiger charge is 1.70. The predicted octanol–water partition coefficient (Wildman–Crippen LogP) is -0.916. The van der Waals surface area contributed by atoms with E-state index < -0.39 is 6.16 Å². The van der Waals surface area contributed by atoms with Crippen molar-refractivity contribution in [2.75, 3.05) is 6.67 Å². The van der Waals surface area contributed by atoms with Gasteiger partial charge in [-0.15, -0.1) is 0 Å². The molecule has 44 valence electrons. The van der Waals surface area contributed by atoms with Gasteiger partial charge in [0.15, 0.2) is 0 Å². The Morgan fingerprint density at radius 3 is 1.43 bits per heavy atom. The second-order valence-electron chi connectivity index (χ2n) is 0.518. The maximum absolute atomic E-state index is 8.56. The molecule has 0 spiro atoms. The summed E-state index contributed by atoms with van der Waals surface area (Å²) >= 11 is 0. The SMILES string of the molecule is NCN.O=C(O)O. The molecule has 0 heterocycles. The standard InChI is InChI=1S/CH6N2.CH2O3/c2-1-3;2-1(3)4/h1-3H2;(H2,2,3,4). The Balaban J connectivity index is 0. The van der Waals surface area contributed by atoms with E-state index in [1.54, 1.807) is 0 Å². The smallest absolute Gasteiger partial charge is 0.450 e. The summed E-state index contributed by atoms with van der Waals surface area (Å²) in [7, 11) is 0. The minimum Gasteiger partial charge on any atom is -0.450 e. The summed E-state index contributed by atoms with van der Waals surface area (Å²) in [6, 6.07) is 0. The van der Waals surface area contributed by atoms with Gasteiger partial charge in [-0.3, -0.25) is 0 Å². The molecule has 0 bridgehead atoms. The van der Waals surface area contributed by atoms with Crippen molar-refractivity contribution in [1.82, 2.24) is 0 Å². The van der Waals surface area contributed by atoms with Crippen LogP contribution in [0.15, 0.2) is 0 Å². The lowest BCUT2D eigenvalue weighted by atomic mass is 11.3. The predicted molar refractivity (Wildman–Crippen MR) is 23.9 cm³/mol. The van der Waals surface area contributed by atoms with Crippen LogP contribution in [0.1, 0.15) is 0 Å². The number of hydrogen-bond donors (Lipinski definition) is 4. The van der Waals surface area contributed by atoms with Gasteiger partial charge in [0, 0.05) is 6.67 Å². The molecule has 0 amide bonds. The molecular formula is C2H8N2O3. The monoisotopic (exact) mass is 108 g/mol. The molecule has 0 atom stereocenters. The Morgan fingerprint density at radius 2 is 1.43 bits per heavy atom. The molecule has 0 aromatic rings. The van der Waals surface area contributed by atoms with Crippen molar-refractivity contribution in [3.05, 3.63) is 0 Å². The lowest BCUT2D eigenvalue weighted by Crippen LogP contribution is -2.08. The zero-order valence-corrected chi connectivity index (χ0v) is 3.66. The first-order valence-electron chi connectivity index (χ1n) is 1.47. The van der Waals surface area contributed by atoms with Crippen molar-refractivity contribution in [1.29, 1.82) is 0 Å². The molecule has 0 rings (SSSR count). The number of nitrogens with two attached hydrogens (primary N) is 2. The molecule has 0 aromatic heterocycles. The van der Waals surface area contributed by atoms with Gasteiger partial charge < -0.3 is 21.7 Å². The Kier molecular flexibility index (Phi) is 12.1. The molecular weight excluding hydrogens is 100 g/mol. The van der Waals surface area contributed by atoms with Gasteiger partial charge >= 0.3 is 6.16 Å². The quantitative estimate of drug-likeness (QED) is 0.300. The van der Waals surface area contributed by atoms with Crippen LogP contribution in [0.2, 0.25) is 0 Å². The summed E-state index contributed by atoms with van der Waals surface area (Å²) < 4.78 is 0. The van der Waals surface area contributed by atoms with E-state index in [1.165, 1.54) is 0 Å². The first-order chi connectivity index (χ1) is 3.15. The third-order valence-corrected chi connectivity index (χ3v) is 0.